The lowest BCUT2D eigenvalue weighted by Crippen LogP contribution is -2.47. The zero-order valence-electron chi connectivity index (χ0n) is 19.5. The van der Waals surface area contributed by atoms with Gasteiger partial charge in [0, 0.05) is 49.2 Å². The Bertz CT molecular complexity index is 1070. The molecule has 178 valence electrons. The Hall–Kier alpha value is -3.00. The normalized spacial score (nSPS) is 17.8. The van der Waals surface area contributed by atoms with Crippen LogP contribution in [-0.2, 0) is 17.9 Å². The molecule has 2 amide bonds. The van der Waals surface area contributed by atoms with Gasteiger partial charge in [0.05, 0.1) is 0 Å². The lowest BCUT2D eigenvalue weighted by molar-refractivity contribution is -0.124. The molecule has 0 bridgehead atoms. The summed E-state index contributed by atoms with van der Waals surface area (Å²) in [5.41, 5.74) is 8.53. The van der Waals surface area contributed by atoms with Crippen molar-refractivity contribution in [3.63, 3.8) is 0 Å². The van der Waals surface area contributed by atoms with E-state index in [0.29, 0.717) is 31.6 Å². The highest BCUT2D eigenvalue weighted by atomic mass is 32.1. The highest BCUT2D eigenvalue weighted by Gasteiger charge is 2.42. The number of nitrogens with zero attached hydrogens (tertiary/aromatic N) is 2. The molecule has 2 unspecified atom stereocenters. The maximum atomic E-state index is 13.5. The molecule has 1 aliphatic rings. The summed E-state index contributed by atoms with van der Waals surface area (Å²) in [4.78, 5) is 32.0. The Kier molecular flexibility index (Phi) is 8.11. The second kappa shape index (κ2) is 11.4. The average Bonchev–Trinajstić information content (AvgIpc) is 3.53. The van der Waals surface area contributed by atoms with Crippen LogP contribution in [0.5, 0.6) is 0 Å². The Balaban J connectivity index is 1.60. The van der Waals surface area contributed by atoms with Crippen molar-refractivity contribution < 1.29 is 9.59 Å². The number of hydrogen-bond donors (Lipinski definition) is 2. The fourth-order valence-electron chi connectivity index (χ4n) is 4.46. The van der Waals surface area contributed by atoms with Crippen LogP contribution in [0, 0.1) is 6.92 Å². The van der Waals surface area contributed by atoms with Crippen molar-refractivity contribution in [3.8, 4) is 0 Å². The zero-order valence-corrected chi connectivity index (χ0v) is 20.3. The van der Waals surface area contributed by atoms with E-state index in [1.54, 1.807) is 16.2 Å². The maximum absolute atomic E-state index is 13.5. The fourth-order valence-corrected chi connectivity index (χ4v) is 5.19. The average molecular weight is 477 g/mol. The van der Waals surface area contributed by atoms with Crippen molar-refractivity contribution in [2.24, 2.45) is 5.73 Å². The van der Waals surface area contributed by atoms with Crippen LogP contribution in [0.1, 0.15) is 32.8 Å². The number of nitrogens with two attached hydrogens (primary N) is 1. The predicted octanol–water partition coefficient (Wildman–Crippen LogP) is 3.42. The van der Waals surface area contributed by atoms with Crippen molar-refractivity contribution in [1.82, 2.24) is 15.1 Å². The van der Waals surface area contributed by atoms with Crippen LogP contribution in [0.4, 0.5) is 0 Å². The van der Waals surface area contributed by atoms with E-state index >= 15 is 0 Å². The van der Waals surface area contributed by atoms with Crippen LogP contribution in [0.15, 0.2) is 72.1 Å². The fraction of sp³-hybridized carbons (Fsp3) is 0.333. The molecule has 0 spiro atoms. The molecule has 1 aliphatic heterocycles. The van der Waals surface area contributed by atoms with Crippen molar-refractivity contribution in [2.75, 3.05) is 19.6 Å². The number of likely N-dealkylation sites (tertiary alicyclic amines) is 1. The summed E-state index contributed by atoms with van der Waals surface area (Å²) in [6.07, 6.45) is 0.589. The van der Waals surface area contributed by atoms with Gasteiger partial charge in [-0.2, -0.15) is 0 Å². The summed E-state index contributed by atoms with van der Waals surface area (Å²) >= 11 is 1.73. The summed E-state index contributed by atoms with van der Waals surface area (Å²) in [6, 6.07) is 21.6. The molecule has 7 heteroatoms. The Morgan fingerprint density at radius 3 is 2.50 bits per heavy atom. The molecule has 3 N–H and O–H groups in total. The molecule has 2 aromatic carbocycles. The third kappa shape index (κ3) is 5.91. The van der Waals surface area contributed by atoms with E-state index in [1.165, 1.54) is 10.4 Å². The number of rotatable bonds is 9. The molecule has 6 nitrogen and oxygen atoms in total. The topological polar surface area (TPSA) is 78.7 Å². The standard InChI is InChI=1S/C27H32N4O2S/c1-20-9-11-22(12-10-20)27(33)31-18-23(16-25(31)26(32)29-14-13-28)30(19-24-8-5-15-34-24)17-21-6-3-2-4-7-21/h2-12,15,23,25H,13-14,16-19,28H2,1H3,(H,29,32). The Labute approximate surface area is 205 Å². The van der Waals surface area contributed by atoms with Gasteiger partial charge in [0.25, 0.3) is 5.91 Å². The number of benzene rings is 2. The second-order valence-electron chi connectivity index (χ2n) is 8.78. The van der Waals surface area contributed by atoms with Crippen molar-refractivity contribution >= 4 is 23.2 Å². The first-order valence-corrected chi connectivity index (χ1v) is 12.6. The third-order valence-corrected chi connectivity index (χ3v) is 7.13. The van der Waals surface area contributed by atoms with E-state index in [-0.39, 0.29) is 17.9 Å². The number of aryl methyl sites for hydroxylation is 1. The first kappa shape index (κ1) is 24.1. The molecular weight excluding hydrogens is 444 g/mol. The van der Waals surface area contributed by atoms with E-state index in [9.17, 15) is 9.59 Å². The molecule has 1 aromatic heterocycles. The van der Waals surface area contributed by atoms with Crippen LogP contribution in [0.2, 0.25) is 0 Å². The summed E-state index contributed by atoms with van der Waals surface area (Å²) in [5.74, 6) is -0.240. The zero-order chi connectivity index (χ0) is 23.9. The van der Waals surface area contributed by atoms with Gasteiger partial charge in [-0.3, -0.25) is 14.5 Å². The molecule has 2 heterocycles. The Morgan fingerprint density at radius 1 is 1.06 bits per heavy atom. The van der Waals surface area contributed by atoms with Gasteiger partial charge in [0.2, 0.25) is 5.91 Å². The van der Waals surface area contributed by atoms with Crippen LogP contribution in [0.3, 0.4) is 0 Å². The lowest BCUT2D eigenvalue weighted by Gasteiger charge is -2.28. The summed E-state index contributed by atoms with van der Waals surface area (Å²) in [7, 11) is 0. The van der Waals surface area contributed by atoms with Gasteiger partial charge >= 0.3 is 0 Å². The van der Waals surface area contributed by atoms with Crippen molar-refractivity contribution in [2.45, 2.75) is 38.5 Å². The number of carbonyl (C=O) groups is 2. The minimum Gasteiger partial charge on any atom is -0.353 e. The SMILES string of the molecule is Cc1ccc(C(=O)N2CC(N(Cc3ccccc3)Cc3cccs3)CC2C(=O)NCCN)cc1. The van der Waals surface area contributed by atoms with Gasteiger partial charge in [-0.15, -0.1) is 11.3 Å². The third-order valence-electron chi connectivity index (χ3n) is 6.27. The molecule has 3 aromatic rings. The maximum Gasteiger partial charge on any atom is 0.254 e. The first-order chi connectivity index (χ1) is 16.5. The molecule has 34 heavy (non-hydrogen) atoms. The largest absolute Gasteiger partial charge is 0.353 e. The van der Waals surface area contributed by atoms with Crippen LogP contribution < -0.4 is 11.1 Å². The molecule has 4 rings (SSSR count). The van der Waals surface area contributed by atoms with Crippen molar-refractivity contribution in [1.29, 1.82) is 0 Å². The highest BCUT2D eigenvalue weighted by Crippen LogP contribution is 2.28. The smallest absolute Gasteiger partial charge is 0.254 e. The highest BCUT2D eigenvalue weighted by molar-refractivity contribution is 7.09. The summed E-state index contributed by atoms with van der Waals surface area (Å²) < 4.78 is 0. The van der Waals surface area contributed by atoms with Gasteiger partial charge in [0.1, 0.15) is 6.04 Å². The van der Waals surface area contributed by atoms with Crippen molar-refractivity contribution in [3.05, 3.63) is 93.7 Å². The molecule has 0 radical (unpaired) electrons. The quantitative estimate of drug-likeness (QED) is 0.496. The summed E-state index contributed by atoms with van der Waals surface area (Å²) in [6.45, 7) is 4.80. The van der Waals surface area contributed by atoms with E-state index in [1.807, 2.05) is 49.4 Å². The van der Waals surface area contributed by atoms with Crippen LogP contribution in [-0.4, -0.2) is 53.3 Å². The number of carbonyl (C=O) groups excluding carboxylic acids is 2. The number of amides is 2. The lowest BCUT2D eigenvalue weighted by atomic mass is 10.1. The molecular formula is C27H32N4O2S. The predicted molar refractivity (Wildman–Crippen MR) is 136 cm³/mol. The van der Waals surface area contributed by atoms with Crippen LogP contribution >= 0.6 is 11.3 Å². The minimum absolute atomic E-state index is 0.0605. The van der Waals surface area contributed by atoms with E-state index in [0.717, 1.165) is 18.7 Å². The molecule has 1 fully saturated rings. The first-order valence-electron chi connectivity index (χ1n) is 11.7. The minimum atomic E-state index is -0.521. The van der Waals surface area contributed by atoms with Gasteiger partial charge in [-0.1, -0.05) is 54.1 Å². The molecule has 2 atom stereocenters. The van der Waals surface area contributed by atoms with E-state index in [2.05, 4.69) is 39.9 Å². The van der Waals surface area contributed by atoms with E-state index < -0.39 is 6.04 Å². The van der Waals surface area contributed by atoms with Gasteiger partial charge < -0.3 is 16.0 Å². The van der Waals surface area contributed by atoms with E-state index in [4.69, 9.17) is 5.73 Å². The number of nitrogens with one attached hydrogen (secondary N) is 1. The summed E-state index contributed by atoms with van der Waals surface area (Å²) in [5, 5.41) is 4.98. The number of hydrogen-bond acceptors (Lipinski definition) is 5. The van der Waals surface area contributed by atoms with Gasteiger partial charge in [-0.05, 0) is 42.5 Å². The molecule has 0 aliphatic carbocycles. The number of thiophene rings is 1. The van der Waals surface area contributed by atoms with Gasteiger partial charge in [-0.25, -0.2) is 0 Å². The monoisotopic (exact) mass is 476 g/mol. The Morgan fingerprint density at radius 2 is 1.82 bits per heavy atom. The molecule has 1 saturated heterocycles. The van der Waals surface area contributed by atoms with Crippen LogP contribution in [0.25, 0.3) is 0 Å². The molecule has 0 saturated carbocycles. The second-order valence-corrected chi connectivity index (χ2v) is 9.81. The van der Waals surface area contributed by atoms with Gasteiger partial charge in [0.15, 0.2) is 0 Å².